The number of rotatable bonds is 8. The van der Waals surface area contributed by atoms with Gasteiger partial charge in [-0.2, -0.15) is 0 Å². The first-order valence-corrected chi connectivity index (χ1v) is 7.12. The van der Waals surface area contributed by atoms with Crippen LogP contribution in [0.15, 0.2) is 18.2 Å². The Balaban J connectivity index is 2.43. The number of amides is 1. The van der Waals surface area contributed by atoms with Crippen molar-refractivity contribution in [1.29, 1.82) is 0 Å². The maximum atomic E-state index is 11.9. The number of aliphatic hydroxyl groups excluding tert-OH is 1. The van der Waals surface area contributed by atoms with Crippen LogP contribution >= 0.6 is 11.6 Å². The summed E-state index contributed by atoms with van der Waals surface area (Å²) in [7, 11) is 0. The Bertz CT molecular complexity index is 440. The third-order valence-electron chi connectivity index (χ3n) is 3.00. The predicted molar refractivity (Wildman–Crippen MR) is 82.9 cm³/mol. The molecule has 4 N–H and O–H groups in total. The molecule has 1 rings (SSSR count). The number of hydrogen-bond donors (Lipinski definition) is 3. The molecule has 0 saturated heterocycles. The first-order valence-electron chi connectivity index (χ1n) is 6.75. The van der Waals surface area contributed by atoms with E-state index >= 15 is 0 Å². The van der Waals surface area contributed by atoms with Crippen molar-refractivity contribution >= 4 is 28.9 Å². The number of nitrogens with zero attached hydrogens (tertiary/aromatic N) is 1. The van der Waals surface area contributed by atoms with Crippen LogP contribution in [0.4, 0.5) is 11.4 Å². The molecular formula is C14H22ClN3O2. The van der Waals surface area contributed by atoms with E-state index in [1.807, 2.05) is 6.92 Å². The number of anilines is 2. The standard InChI is InChI=1S/C14H22ClN3O2/c1-2-18(7-3-9-19)8-6-14(20)17-13-5-4-11(16)10-12(13)15/h4-5,10,19H,2-3,6-9,16H2,1H3,(H,17,20). The summed E-state index contributed by atoms with van der Waals surface area (Å²) < 4.78 is 0. The molecule has 6 heteroatoms. The second kappa shape index (κ2) is 8.79. The summed E-state index contributed by atoms with van der Waals surface area (Å²) in [6.07, 6.45) is 1.11. The van der Waals surface area contributed by atoms with Gasteiger partial charge in [-0.05, 0) is 31.2 Å². The highest BCUT2D eigenvalue weighted by Crippen LogP contribution is 2.24. The van der Waals surface area contributed by atoms with Crippen molar-refractivity contribution in [2.75, 3.05) is 37.3 Å². The molecule has 0 bridgehead atoms. The Kier molecular flexibility index (Phi) is 7.36. The largest absolute Gasteiger partial charge is 0.399 e. The maximum Gasteiger partial charge on any atom is 0.225 e. The highest BCUT2D eigenvalue weighted by atomic mass is 35.5. The molecule has 0 aliphatic rings. The fourth-order valence-corrected chi connectivity index (χ4v) is 2.06. The van der Waals surface area contributed by atoms with E-state index in [0.29, 0.717) is 29.4 Å². The van der Waals surface area contributed by atoms with E-state index in [1.54, 1.807) is 18.2 Å². The smallest absolute Gasteiger partial charge is 0.225 e. The molecule has 1 amide bonds. The maximum absolute atomic E-state index is 11.9. The summed E-state index contributed by atoms with van der Waals surface area (Å²) in [5.74, 6) is -0.0841. The fraction of sp³-hybridized carbons (Fsp3) is 0.500. The van der Waals surface area contributed by atoms with E-state index in [9.17, 15) is 4.79 Å². The number of aliphatic hydroxyl groups is 1. The SMILES string of the molecule is CCN(CCCO)CCC(=O)Nc1ccc(N)cc1Cl. The van der Waals surface area contributed by atoms with Gasteiger partial charge in [0.15, 0.2) is 0 Å². The highest BCUT2D eigenvalue weighted by molar-refractivity contribution is 6.34. The van der Waals surface area contributed by atoms with Gasteiger partial charge in [0.25, 0.3) is 0 Å². The summed E-state index contributed by atoms with van der Waals surface area (Å²) in [5, 5.41) is 12.0. The number of nitrogens with one attached hydrogen (secondary N) is 1. The molecule has 112 valence electrons. The Hall–Kier alpha value is -1.30. The van der Waals surface area contributed by atoms with Crippen LogP contribution in [0.3, 0.4) is 0 Å². The van der Waals surface area contributed by atoms with Gasteiger partial charge in [-0.25, -0.2) is 0 Å². The lowest BCUT2D eigenvalue weighted by Crippen LogP contribution is -2.29. The predicted octanol–water partition coefficient (Wildman–Crippen LogP) is 1.96. The van der Waals surface area contributed by atoms with Crippen LogP contribution in [0.25, 0.3) is 0 Å². The molecule has 0 heterocycles. The summed E-state index contributed by atoms with van der Waals surface area (Å²) in [6.45, 7) is 4.52. The van der Waals surface area contributed by atoms with E-state index in [1.165, 1.54) is 0 Å². The number of hydrogen-bond acceptors (Lipinski definition) is 4. The molecule has 0 aliphatic heterocycles. The average Bonchev–Trinajstić information content (AvgIpc) is 2.42. The number of carbonyl (C=O) groups is 1. The van der Waals surface area contributed by atoms with Gasteiger partial charge in [0, 0.05) is 31.8 Å². The van der Waals surface area contributed by atoms with Gasteiger partial charge in [-0.15, -0.1) is 0 Å². The minimum absolute atomic E-state index is 0.0841. The normalized spacial score (nSPS) is 10.8. The van der Waals surface area contributed by atoms with Crippen LogP contribution in [0.5, 0.6) is 0 Å². The second-order valence-electron chi connectivity index (χ2n) is 4.55. The molecular weight excluding hydrogens is 278 g/mol. The molecule has 0 radical (unpaired) electrons. The summed E-state index contributed by atoms with van der Waals surface area (Å²) in [6, 6.07) is 5.00. The molecule has 0 aliphatic carbocycles. The Morgan fingerprint density at radius 3 is 2.80 bits per heavy atom. The van der Waals surface area contributed by atoms with Crippen molar-refractivity contribution in [1.82, 2.24) is 4.90 Å². The van der Waals surface area contributed by atoms with Gasteiger partial charge < -0.3 is 21.1 Å². The van der Waals surface area contributed by atoms with Crippen LogP contribution in [-0.2, 0) is 4.79 Å². The Morgan fingerprint density at radius 2 is 2.20 bits per heavy atom. The number of carbonyl (C=O) groups excluding carboxylic acids is 1. The molecule has 20 heavy (non-hydrogen) atoms. The van der Waals surface area contributed by atoms with Crippen molar-refractivity contribution in [2.45, 2.75) is 19.8 Å². The molecule has 0 atom stereocenters. The van der Waals surface area contributed by atoms with E-state index in [0.717, 1.165) is 19.5 Å². The highest BCUT2D eigenvalue weighted by Gasteiger charge is 2.09. The van der Waals surface area contributed by atoms with E-state index in [4.69, 9.17) is 22.4 Å². The van der Waals surface area contributed by atoms with E-state index in [2.05, 4.69) is 10.2 Å². The van der Waals surface area contributed by atoms with Crippen molar-refractivity contribution in [2.24, 2.45) is 0 Å². The monoisotopic (exact) mass is 299 g/mol. The first-order chi connectivity index (χ1) is 9.56. The van der Waals surface area contributed by atoms with Gasteiger partial charge in [0.05, 0.1) is 10.7 Å². The van der Waals surface area contributed by atoms with Crippen molar-refractivity contribution in [3.8, 4) is 0 Å². The average molecular weight is 300 g/mol. The molecule has 1 aromatic carbocycles. The van der Waals surface area contributed by atoms with E-state index < -0.39 is 0 Å². The molecule has 0 spiro atoms. The second-order valence-corrected chi connectivity index (χ2v) is 4.96. The fourth-order valence-electron chi connectivity index (χ4n) is 1.83. The van der Waals surface area contributed by atoms with E-state index in [-0.39, 0.29) is 12.5 Å². The Morgan fingerprint density at radius 1 is 1.45 bits per heavy atom. The van der Waals surface area contributed by atoms with Crippen LogP contribution in [0, 0.1) is 0 Å². The molecule has 1 aromatic rings. The minimum atomic E-state index is -0.0841. The molecule has 0 saturated carbocycles. The third-order valence-corrected chi connectivity index (χ3v) is 3.31. The van der Waals surface area contributed by atoms with Gasteiger partial charge in [-0.3, -0.25) is 4.79 Å². The molecule has 0 aromatic heterocycles. The van der Waals surface area contributed by atoms with Crippen LogP contribution in [-0.4, -0.2) is 42.2 Å². The zero-order valence-electron chi connectivity index (χ0n) is 11.7. The van der Waals surface area contributed by atoms with Crippen LogP contribution in [0.2, 0.25) is 5.02 Å². The lowest BCUT2D eigenvalue weighted by Gasteiger charge is -2.19. The van der Waals surface area contributed by atoms with Crippen molar-refractivity contribution in [3.63, 3.8) is 0 Å². The third kappa shape index (κ3) is 5.77. The molecule has 5 nitrogen and oxygen atoms in total. The number of benzene rings is 1. The Labute approximate surface area is 124 Å². The van der Waals surface area contributed by atoms with Gasteiger partial charge >= 0.3 is 0 Å². The van der Waals surface area contributed by atoms with Crippen LogP contribution in [0.1, 0.15) is 19.8 Å². The van der Waals surface area contributed by atoms with Crippen LogP contribution < -0.4 is 11.1 Å². The zero-order chi connectivity index (χ0) is 15.0. The van der Waals surface area contributed by atoms with Gasteiger partial charge in [-0.1, -0.05) is 18.5 Å². The molecule has 0 unspecified atom stereocenters. The quantitative estimate of drug-likeness (QED) is 0.641. The molecule has 0 fully saturated rings. The summed E-state index contributed by atoms with van der Waals surface area (Å²) in [5.41, 5.74) is 6.73. The summed E-state index contributed by atoms with van der Waals surface area (Å²) >= 11 is 6.00. The van der Waals surface area contributed by atoms with Gasteiger partial charge in [0.2, 0.25) is 5.91 Å². The summed E-state index contributed by atoms with van der Waals surface area (Å²) in [4.78, 5) is 14.0. The van der Waals surface area contributed by atoms with Crippen molar-refractivity contribution < 1.29 is 9.90 Å². The number of halogens is 1. The lowest BCUT2D eigenvalue weighted by molar-refractivity contribution is -0.116. The minimum Gasteiger partial charge on any atom is -0.399 e. The number of nitrogens with two attached hydrogens (primary N) is 1. The zero-order valence-corrected chi connectivity index (χ0v) is 12.5. The topological polar surface area (TPSA) is 78.6 Å². The van der Waals surface area contributed by atoms with Gasteiger partial charge in [0.1, 0.15) is 0 Å². The number of nitrogen functional groups attached to an aromatic ring is 1. The lowest BCUT2D eigenvalue weighted by atomic mass is 10.2. The first kappa shape index (κ1) is 16.8. The van der Waals surface area contributed by atoms with Crippen molar-refractivity contribution in [3.05, 3.63) is 23.2 Å².